The molecule has 1 aromatic rings. The molecule has 0 saturated heterocycles. The van der Waals surface area contributed by atoms with Crippen molar-refractivity contribution in [1.82, 2.24) is 0 Å². The van der Waals surface area contributed by atoms with Crippen LogP contribution in [0.4, 0.5) is 5.69 Å². The van der Waals surface area contributed by atoms with Crippen molar-refractivity contribution in [2.45, 2.75) is 51.0 Å². The number of hydrogen-bond acceptors (Lipinski definition) is 3. The van der Waals surface area contributed by atoms with Crippen LogP contribution in [-0.4, -0.2) is 19.2 Å². The molecule has 3 heteroatoms. The van der Waals surface area contributed by atoms with E-state index in [1.807, 2.05) is 12.1 Å². The molecule has 0 amide bonds. The van der Waals surface area contributed by atoms with E-state index < -0.39 is 0 Å². The molecular formula is C17H28N2O. The second kappa shape index (κ2) is 6.98. The molecule has 0 atom stereocenters. The summed E-state index contributed by atoms with van der Waals surface area (Å²) in [4.78, 5) is 0. The summed E-state index contributed by atoms with van der Waals surface area (Å²) in [6.07, 6.45) is 7.59. The van der Waals surface area contributed by atoms with Crippen LogP contribution in [0.5, 0.6) is 5.75 Å². The molecule has 0 aliphatic heterocycles. The monoisotopic (exact) mass is 276 g/mol. The molecule has 0 radical (unpaired) electrons. The maximum absolute atomic E-state index is 6.08. The Balaban J connectivity index is 2.01. The van der Waals surface area contributed by atoms with Crippen molar-refractivity contribution in [3.8, 4) is 5.75 Å². The fraction of sp³-hybridized carbons (Fsp3) is 0.647. The standard InChI is InChI=1S/C17H28N2O/c1-3-5-14-8-10-17(13-18,11-9-14)19-15-6-4-7-16(12-15)20-2/h4,6-7,12,14,19H,3,5,8-11,13,18H2,1-2H3. The van der Waals surface area contributed by atoms with Crippen molar-refractivity contribution in [2.75, 3.05) is 19.0 Å². The summed E-state index contributed by atoms with van der Waals surface area (Å²) in [6, 6.07) is 8.14. The van der Waals surface area contributed by atoms with Crippen molar-refractivity contribution in [1.29, 1.82) is 0 Å². The second-order valence-electron chi connectivity index (χ2n) is 6.07. The minimum Gasteiger partial charge on any atom is -0.497 e. The van der Waals surface area contributed by atoms with Crippen molar-refractivity contribution < 1.29 is 4.74 Å². The van der Waals surface area contributed by atoms with Crippen LogP contribution in [0.2, 0.25) is 0 Å². The van der Waals surface area contributed by atoms with Crippen LogP contribution in [0.3, 0.4) is 0 Å². The average Bonchev–Trinajstić information content (AvgIpc) is 2.50. The van der Waals surface area contributed by atoms with Gasteiger partial charge in [-0.15, -0.1) is 0 Å². The van der Waals surface area contributed by atoms with E-state index >= 15 is 0 Å². The summed E-state index contributed by atoms with van der Waals surface area (Å²) in [5, 5.41) is 3.68. The first-order chi connectivity index (χ1) is 9.71. The Bertz CT molecular complexity index is 411. The SMILES string of the molecule is CCCC1CCC(CN)(Nc2cccc(OC)c2)CC1. The van der Waals surface area contributed by atoms with Gasteiger partial charge in [-0.2, -0.15) is 0 Å². The first kappa shape index (κ1) is 15.2. The number of anilines is 1. The molecule has 0 bridgehead atoms. The Kier molecular flexibility index (Phi) is 5.30. The number of methoxy groups -OCH3 is 1. The third-order valence-corrected chi connectivity index (χ3v) is 4.63. The normalized spacial score (nSPS) is 26.2. The number of nitrogens with one attached hydrogen (secondary N) is 1. The topological polar surface area (TPSA) is 47.3 Å². The van der Waals surface area contributed by atoms with E-state index in [1.54, 1.807) is 7.11 Å². The van der Waals surface area contributed by atoms with Gasteiger partial charge in [-0.05, 0) is 43.7 Å². The van der Waals surface area contributed by atoms with E-state index in [9.17, 15) is 0 Å². The molecule has 0 aromatic heterocycles. The van der Waals surface area contributed by atoms with Gasteiger partial charge >= 0.3 is 0 Å². The molecule has 1 aromatic carbocycles. The Morgan fingerprint density at radius 3 is 2.70 bits per heavy atom. The van der Waals surface area contributed by atoms with Gasteiger partial charge in [0, 0.05) is 23.8 Å². The molecule has 0 unspecified atom stereocenters. The predicted octanol–water partition coefficient (Wildman–Crippen LogP) is 3.79. The van der Waals surface area contributed by atoms with Crippen LogP contribution < -0.4 is 15.8 Å². The van der Waals surface area contributed by atoms with Gasteiger partial charge in [0.25, 0.3) is 0 Å². The molecule has 3 N–H and O–H groups in total. The lowest BCUT2D eigenvalue weighted by Gasteiger charge is -2.41. The van der Waals surface area contributed by atoms with E-state index in [0.29, 0.717) is 6.54 Å². The van der Waals surface area contributed by atoms with Crippen LogP contribution in [0.1, 0.15) is 45.4 Å². The van der Waals surface area contributed by atoms with Crippen LogP contribution in [-0.2, 0) is 0 Å². The highest BCUT2D eigenvalue weighted by molar-refractivity contribution is 5.50. The zero-order chi connectivity index (χ0) is 14.4. The summed E-state index contributed by atoms with van der Waals surface area (Å²) >= 11 is 0. The van der Waals surface area contributed by atoms with E-state index in [1.165, 1.54) is 38.5 Å². The zero-order valence-electron chi connectivity index (χ0n) is 12.8. The van der Waals surface area contributed by atoms with Crippen molar-refractivity contribution in [3.63, 3.8) is 0 Å². The largest absolute Gasteiger partial charge is 0.497 e. The van der Waals surface area contributed by atoms with Gasteiger partial charge in [0.05, 0.1) is 7.11 Å². The molecule has 112 valence electrons. The van der Waals surface area contributed by atoms with Gasteiger partial charge in [0.15, 0.2) is 0 Å². The fourth-order valence-corrected chi connectivity index (χ4v) is 3.31. The Morgan fingerprint density at radius 1 is 1.35 bits per heavy atom. The molecule has 1 saturated carbocycles. The number of rotatable bonds is 6. The summed E-state index contributed by atoms with van der Waals surface area (Å²) < 4.78 is 5.29. The second-order valence-corrected chi connectivity index (χ2v) is 6.07. The van der Waals surface area contributed by atoms with Crippen molar-refractivity contribution >= 4 is 5.69 Å². The Labute approximate surface area is 122 Å². The molecule has 1 aliphatic carbocycles. The van der Waals surface area contributed by atoms with Gasteiger partial charge in [-0.3, -0.25) is 0 Å². The van der Waals surface area contributed by atoms with Gasteiger partial charge in [0.2, 0.25) is 0 Å². The summed E-state index contributed by atoms with van der Waals surface area (Å²) in [6.45, 7) is 2.97. The summed E-state index contributed by atoms with van der Waals surface area (Å²) in [5.74, 6) is 1.79. The first-order valence-corrected chi connectivity index (χ1v) is 7.83. The summed E-state index contributed by atoms with van der Waals surface area (Å²) in [5.41, 5.74) is 7.26. The van der Waals surface area contributed by atoms with E-state index in [4.69, 9.17) is 10.5 Å². The molecule has 0 heterocycles. The summed E-state index contributed by atoms with van der Waals surface area (Å²) in [7, 11) is 1.70. The lowest BCUT2D eigenvalue weighted by Crippen LogP contribution is -2.48. The molecule has 3 nitrogen and oxygen atoms in total. The molecule has 1 aliphatic rings. The lowest BCUT2D eigenvalue weighted by molar-refractivity contribution is 0.247. The third kappa shape index (κ3) is 3.66. The van der Waals surface area contributed by atoms with Crippen LogP contribution in [0.15, 0.2) is 24.3 Å². The Hall–Kier alpha value is -1.22. The van der Waals surface area contributed by atoms with E-state index in [2.05, 4.69) is 24.4 Å². The number of hydrogen-bond donors (Lipinski definition) is 2. The number of benzene rings is 1. The average molecular weight is 276 g/mol. The van der Waals surface area contributed by atoms with Gasteiger partial charge in [-0.25, -0.2) is 0 Å². The van der Waals surface area contributed by atoms with Crippen LogP contribution >= 0.6 is 0 Å². The number of nitrogens with two attached hydrogens (primary N) is 1. The van der Waals surface area contributed by atoms with Gasteiger partial charge in [0.1, 0.15) is 5.75 Å². The fourth-order valence-electron chi connectivity index (χ4n) is 3.31. The Morgan fingerprint density at radius 2 is 2.10 bits per heavy atom. The number of ether oxygens (including phenoxy) is 1. The molecular weight excluding hydrogens is 248 g/mol. The highest BCUT2D eigenvalue weighted by Gasteiger charge is 2.33. The van der Waals surface area contributed by atoms with Crippen molar-refractivity contribution in [3.05, 3.63) is 24.3 Å². The highest BCUT2D eigenvalue weighted by Crippen LogP contribution is 2.36. The minimum atomic E-state index is 0.0661. The molecule has 2 rings (SSSR count). The van der Waals surface area contributed by atoms with Crippen LogP contribution in [0.25, 0.3) is 0 Å². The first-order valence-electron chi connectivity index (χ1n) is 7.83. The predicted molar refractivity (Wildman–Crippen MR) is 85.3 cm³/mol. The minimum absolute atomic E-state index is 0.0661. The van der Waals surface area contributed by atoms with Crippen LogP contribution in [0, 0.1) is 5.92 Å². The van der Waals surface area contributed by atoms with E-state index in [-0.39, 0.29) is 5.54 Å². The van der Waals surface area contributed by atoms with Crippen molar-refractivity contribution in [2.24, 2.45) is 11.7 Å². The third-order valence-electron chi connectivity index (χ3n) is 4.63. The highest BCUT2D eigenvalue weighted by atomic mass is 16.5. The lowest BCUT2D eigenvalue weighted by atomic mass is 9.75. The molecule has 1 fully saturated rings. The zero-order valence-corrected chi connectivity index (χ0v) is 12.8. The molecule has 20 heavy (non-hydrogen) atoms. The maximum atomic E-state index is 6.08. The molecule has 0 spiro atoms. The maximum Gasteiger partial charge on any atom is 0.120 e. The van der Waals surface area contributed by atoms with E-state index in [0.717, 1.165) is 17.4 Å². The quantitative estimate of drug-likeness (QED) is 0.831. The van der Waals surface area contributed by atoms with Gasteiger partial charge in [-0.1, -0.05) is 25.8 Å². The smallest absolute Gasteiger partial charge is 0.120 e. The van der Waals surface area contributed by atoms with Gasteiger partial charge < -0.3 is 15.8 Å².